The molecule has 1 aromatic carbocycles. The number of carbonyl (C=O) groups excluding carboxylic acids is 1. The van der Waals surface area contributed by atoms with Crippen LogP contribution < -0.4 is 5.32 Å². The smallest absolute Gasteiger partial charge is 0.220 e. The lowest BCUT2D eigenvalue weighted by atomic mass is 9.87. The quantitative estimate of drug-likeness (QED) is 0.880. The number of rotatable bonds is 4. The zero-order valence-corrected chi connectivity index (χ0v) is 13.8. The molecule has 0 spiro atoms. The molecule has 1 amide bonds. The molecule has 0 fully saturated rings. The number of benzene rings is 1. The summed E-state index contributed by atoms with van der Waals surface area (Å²) in [5.74, 6) is 0.124. The van der Waals surface area contributed by atoms with E-state index in [4.69, 9.17) is 0 Å². The van der Waals surface area contributed by atoms with Crippen molar-refractivity contribution in [3.63, 3.8) is 0 Å². The molecule has 0 aliphatic heterocycles. The molecule has 0 aliphatic carbocycles. The van der Waals surface area contributed by atoms with E-state index in [-0.39, 0.29) is 11.4 Å². The minimum atomic E-state index is -0.148. The maximum atomic E-state index is 11.8. The predicted molar refractivity (Wildman–Crippen MR) is 85.8 cm³/mol. The molecule has 2 heteroatoms. The largest absolute Gasteiger partial charge is 0.351 e. The van der Waals surface area contributed by atoms with Gasteiger partial charge in [-0.3, -0.25) is 4.79 Å². The Kier molecular flexibility index (Phi) is 5.38. The van der Waals surface area contributed by atoms with E-state index < -0.39 is 0 Å². The van der Waals surface area contributed by atoms with Gasteiger partial charge < -0.3 is 5.32 Å². The Hall–Kier alpha value is -1.31. The maximum Gasteiger partial charge on any atom is 0.220 e. The molecule has 0 radical (unpaired) electrons. The van der Waals surface area contributed by atoms with Crippen molar-refractivity contribution in [3.8, 4) is 0 Å². The zero-order valence-electron chi connectivity index (χ0n) is 13.8. The van der Waals surface area contributed by atoms with Gasteiger partial charge in [0.15, 0.2) is 0 Å². The van der Waals surface area contributed by atoms with Gasteiger partial charge >= 0.3 is 0 Å². The first-order valence-electron chi connectivity index (χ1n) is 7.44. The Bertz CT molecular complexity index is 449. The van der Waals surface area contributed by atoms with E-state index in [2.05, 4.69) is 50.4 Å². The van der Waals surface area contributed by atoms with Gasteiger partial charge in [-0.05, 0) is 50.2 Å². The van der Waals surface area contributed by atoms with Gasteiger partial charge in [0.05, 0.1) is 0 Å². The van der Waals surface area contributed by atoms with Crippen LogP contribution >= 0.6 is 0 Å². The van der Waals surface area contributed by atoms with Crippen LogP contribution in [0.5, 0.6) is 0 Å². The lowest BCUT2D eigenvalue weighted by molar-refractivity contribution is -0.122. The van der Waals surface area contributed by atoms with Gasteiger partial charge in [-0.15, -0.1) is 0 Å². The summed E-state index contributed by atoms with van der Waals surface area (Å²) in [4.78, 5) is 11.8. The van der Waals surface area contributed by atoms with Crippen molar-refractivity contribution >= 4 is 5.91 Å². The Morgan fingerprint density at radius 1 is 1.05 bits per heavy atom. The number of hydrogen-bond donors (Lipinski definition) is 1. The summed E-state index contributed by atoms with van der Waals surface area (Å²) < 4.78 is 0. The standard InChI is InChI=1S/C18H29NO/c1-17(2,3)13-15-9-7-8-14(12-15)10-11-16(20)19-18(4,5)6/h7-9,12H,10-11,13H2,1-6H3,(H,19,20). The van der Waals surface area contributed by atoms with Crippen molar-refractivity contribution in [1.29, 1.82) is 0 Å². The summed E-state index contributed by atoms with van der Waals surface area (Å²) >= 11 is 0. The lowest BCUT2D eigenvalue weighted by Gasteiger charge is -2.20. The Morgan fingerprint density at radius 2 is 1.65 bits per heavy atom. The summed E-state index contributed by atoms with van der Waals surface area (Å²) in [5, 5.41) is 3.00. The fraction of sp³-hybridized carbons (Fsp3) is 0.611. The summed E-state index contributed by atoms with van der Waals surface area (Å²) in [6.45, 7) is 12.8. The fourth-order valence-corrected chi connectivity index (χ4v) is 2.25. The summed E-state index contributed by atoms with van der Waals surface area (Å²) in [6, 6.07) is 8.61. The first-order valence-corrected chi connectivity index (χ1v) is 7.44. The molecular weight excluding hydrogens is 246 g/mol. The van der Waals surface area contributed by atoms with Crippen LogP contribution in [-0.4, -0.2) is 11.4 Å². The minimum absolute atomic E-state index is 0.124. The molecular formula is C18H29NO. The fourth-order valence-electron chi connectivity index (χ4n) is 2.25. The van der Waals surface area contributed by atoms with Gasteiger partial charge in [-0.1, -0.05) is 45.0 Å². The number of nitrogens with one attached hydrogen (secondary N) is 1. The topological polar surface area (TPSA) is 29.1 Å². The van der Waals surface area contributed by atoms with Gasteiger partial charge in [0.2, 0.25) is 5.91 Å². The van der Waals surface area contributed by atoms with Crippen molar-refractivity contribution in [1.82, 2.24) is 5.32 Å². The Morgan fingerprint density at radius 3 is 2.20 bits per heavy atom. The van der Waals surface area contributed by atoms with E-state index in [1.54, 1.807) is 0 Å². The molecule has 0 aromatic heterocycles. The highest BCUT2D eigenvalue weighted by molar-refractivity contribution is 5.76. The zero-order chi connectivity index (χ0) is 15.4. The SMILES string of the molecule is CC(C)(C)Cc1cccc(CCC(=O)NC(C)(C)C)c1. The molecule has 1 aromatic rings. The molecule has 0 unspecified atom stereocenters. The monoisotopic (exact) mass is 275 g/mol. The molecule has 1 rings (SSSR count). The highest BCUT2D eigenvalue weighted by Gasteiger charge is 2.14. The normalized spacial score (nSPS) is 12.3. The second kappa shape index (κ2) is 6.43. The van der Waals surface area contributed by atoms with Crippen LogP contribution in [0.3, 0.4) is 0 Å². The van der Waals surface area contributed by atoms with E-state index in [0.29, 0.717) is 11.8 Å². The van der Waals surface area contributed by atoms with Crippen molar-refractivity contribution in [2.45, 2.75) is 66.3 Å². The van der Waals surface area contributed by atoms with Gasteiger partial charge in [0.25, 0.3) is 0 Å². The summed E-state index contributed by atoms with van der Waals surface area (Å²) in [6.07, 6.45) is 2.42. The molecule has 0 saturated heterocycles. The average Bonchev–Trinajstić information content (AvgIpc) is 2.22. The number of aryl methyl sites for hydroxylation is 1. The van der Waals surface area contributed by atoms with E-state index >= 15 is 0 Å². The Labute approximate surface area is 124 Å². The van der Waals surface area contributed by atoms with Gasteiger partial charge in [-0.2, -0.15) is 0 Å². The predicted octanol–water partition coefficient (Wildman–Crippen LogP) is 4.12. The third kappa shape index (κ3) is 7.32. The molecule has 20 heavy (non-hydrogen) atoms. The molecule has 0 saturated carbocycles. The van der Waals surface area contributed by atoms with Gasteiger partial charge in [0, 0.05) is 12.0 Å². The summed E-state index contributed by atoms with van der Waals surface area (Å²) in [5.41, 5.74) is 2.75. The second-order valence-electron chi connectivity index (χ2n) is 7.86. The second-order valence-corrected chi connectivity index (χ2v) is 7.86. The minimum Gasteiger partial charge on any atom is -0.351 e. The van der Waals surface area contributed by atoms with Gasteiger partial charge in [0.1, 0.15) is 0 Å². The van der Waals surface area contributed by atoms with Crippen LogP contribution in [0, 0.1) is 5.41 Å². The third-order valence-corrected chi connectivity index (χ3v) is 2.88. The number of amides is 1. The van der Waals surface area contributed by atoms with Crippen molar-refractivity contribution in [3.05, 3.63) is 35.4 Å². The van der Waals surface area contributed by atoms with Crippen molar-refractivity contribution in [2.24, 2.45) is 5.41 Å². The van der Waals surface area contributed by atoms with Crippen LogP contribution in [-0.2, 0) is 17.6 Å². The summed E-state index contributed by atoms with van der Waals surface area (Å²) in [7, 11) is 0. The van der Waals surface area contributed by atoms with Crippen LogP contribution in [0.4, 0.5) is 0 Å². The molecule has 2 nitrogen and oxygen atoms in total. The lowest BCUT2D eigenvalue weighted by Crippen LogP contribution is -2.40. The maximum absolute atomic E-state index is 11.8. The van der Waals surface area contributed by atoms with Crippen LogP contribution in [0.2, 0.25) is 0 Å². The van der Waals surface area contributed by atoms with E-state index in [1.165, 1.54) is 11.1 Å². The third-order valence-electron chi connectivity index (χ3n) is 2.88. The molecule has 0 aliphatic rings. The molecule has 0 bridgehead atoms. The highest BCUT2D eigenvalue weighted by Crippen LogP contribution is 2.21. The highest BCUT2D eigenvalue weighted by atomic mass is 16.1. The number of carbonyl (C=O) groups is 1. The first-order chi connectivity index (χ1) is 9.05. The molecule has 1 N–H and O–H groups in total. The van der Waals surface area contributed by atoms with E-state index in [9.17, 15) is 4.79 Å². The van der Waals surface area contributed by atoms with Gasteiger partial charge in [-0.25, -0.2) is 0 Å². The van der Waals surface area contributed by atoms with Crippen LogP contribution in [0.25, 0.3) is 0 Å². The van der Waals surface area contributed by atoms with Crippen LogP contribution in [0.1, 0.15) is 59.1 Å². The van der Waals surface area contributed by atoms with Crippen molar-refractivity contribution < 1.29 is 4.79 Å². The molecule has 0 heterocycles. The Balaban J connectivity index is 2.57. The van der Waals surface area contributed by atoms with Crippen molar-refractivity contribution in [2.75, 3.05) is 0 Å². The molecule has 0 atom stereocenters. The van der Waals surface area contributed by atoms with Crippen LogP contribution in [0.15, 0.2) is 24.3 Å². The van der Waals surface area contributed by atoms with E-state index in [1.807, 2.05) is 20.8 Å². The number of hydrogen-bond acceptors (Lipinski definition) is 1. The average molecular weight is 275 g/mol. The molecule has 112 valence electrons. The van der Waals surface area contributed by atoms with E-state index in [0.717, 1.165) is 12.8 Å². The first kappa shape index (κ1) is 16.7.